The van der Waals surface area contributed by atoms with Crippen LogP contribution in [0.4, 0.5) is 0 Å². The smallest absolute Gasteiger partial charge is 0.0663 e. The van der Waals surface area contributed by atoms with Crippen molar-refractivity contribution < 1.29 is 0 Å². The van der Waals surface area contributed by atoms with Crippen molar-refractivity contribution in [3.8, 4) is 6.07 Å². The predicted octanol–water partition coefficient (Wildman–Crippen LogP) is 3.53. The summed E-state index contributed by atoms with van der Waals surface area (Å²) in [5, 5.41) is 8.57. The van der Waals surface area contributed by atoms with E-state index in [2.05, 4.69) is 32.9 Å². The van der Waals surface area contributed by atoms with Gasteiger partial charge in [0.05, 0.1) is 12.5 Å². The van der Waals surface area contributed by atoms with Crippen molar-refractivity contribution in [2.45, 2.75) is 40.0 Å². The van der Waals surface area contributed by atoms with Crippen LogP contribution in [-0.2, 0) is 0 Å². The summed E-state index contributed by atoms with van der Waals surface area (Å²) in [7, 11) is 0. The normalized spacial score (nSPS) is 41.6. The molecular formula is C13H19N. The summed E-state index contributed by atoms with van der Waals surface area (Å²) in [6.07, 6.45) is 5.35. The molecule has 2 aliphatic carbocycles. The maximum Gasteiger partial charge on any atom is 0.0663 e. The topological polar surface area (TPSA) is 23.8 Å². The summed E-state index contributed by atoms with van der Waals surface area (Å²) >= 11 is 0. The number of nitriles is 1. The van der Waals surface area contributed by atoms with Crippen LogP contribution in [0.5, 0.6) is 0 Å². The van der Waals surface area contributed by atoms with Crippen molar-refractivity contribution in [1.82, 2.24) is 0 Å². The fraction of sp³-hybridized carbons (Fsp3) is 0.769. The number of hydrogen-bond donors (Lipinski definition) is 0. The molecule has 0 heterocycles. The Balaban J connectivity index is 2.07. The van der Waals surface area contributed by atoms with E-state index in [1.54, 1.807) is 5.57 Å². The number of hydrogen-bond acceptors (Lipinski definition) is 1. The lowest BCUT2D eigenvalue weighted by molar-refractivity contribution is 0.452. The average Bonchev–Trinajstić information content (AvgIpc) is 2.65. The summed E-state index contributed by atoms with van der Waals surface area (Å²) < 4.78 is 0. The van der Waals surface area contributed by atoms with Gasteiger partial charge in [-0.25, -0.2) is 0 Å². The van der Waals surface area contributed by atoms with Crippen molar-refractivity contribution in [2.75, 3.05) is 0 Å². The zero-order valence-electron chi connectivity index (χ0n) is 9.38. The van der Waals surface area contributed by atoms with Gasteiger partial charge in [-0.05, 0) is 36.0 Å². The van der Waals surface area contributed by atoms with E-state index in [0.29, 0.717) is 17.8 Å². The average molecular weight is 189 g/mol. The first-order chi connectivity index (χ1) is 6.57. The van der Waals surface area contributed by atoms with Gasteiger partial charge in [0.15, 0.2) is 0 Å². The highest BCUT2D eigenvalue weighted by Crippen LogP contribution is 2.66. The van der Waals surface area contributed by atoms with Crippen LogP contribution < -0.4 is 0 Å². The number of nitrogens with zero attached hydrogens (tertiary/aromatic N) is 1. The molecule has 3 unspecified atom stereocenters. The van der Waals surface area contributed by atoms with E-state index in [4.69, 9.17) is 5.26 Å². The summed E-state index contributed by atoms with van der Waals surface area (Å²) in [5.74, 6) is 2.58. The van der Waals surface area contributed by atoms with Crippen molar-refractivity contribution in [2.24, 2.45) is 23.2 Å². The third-order valence-electron chi connectivity index (χ3n) is 4.44. The van der Waals surface area contributed by atoms with Crippen molar-refractivity contribution in [3.63, 3.8) is 0 Å². The maximum atomic E-state index is 8.57. The minimum Gasteiger partial charge on any atom is -0.198 e. The van der Waals surface area contributed by atoms with Gasteiger partial charge in [0.2, 0.25) is 0 Å². The summed E-state index contributed by atoms with van der Waals surface area (Å²) in [6.45, 7) is 7.10. The molecule has 0 radical (unpaired) electrons. The molecule has 3 atom stereocenters. The van der Waals surface area contributed by atoms with Gasteiger partial charge in [0.25, 0.3) is 0 Å². The second-order valence-corrected chi connectivity index (χ2v) is 5.52. The van der Waals surface area contributed by atoms with E-state index < -0.39 is 0 Å². The van der Waals surface area contributed by atoms with Crippen LogP contribution in [0.25, 0.3) is 0 Å². The van der Waals surface area contributed by atoms with Crippen LogP contribution in [0, 0.1) is 34.5 Å². The Hall–Kier alpha value is -0.770. The van der Waals surface area contributed by atoms with E-state index in [0.717, 1.165) is 11.8 Å². The molecule has 0 aromatic heterocycles. The van der Waals surface area contributed by atoms with E-state index in [1.165, 1.54) is 12.8 Å². The molecule has 2 saturated carbocycles. The quantitative estimate of drug-likeness (QED) is 0.579. The van der Waals surface area contributed by atoms with Crippen LogP contribution in [0.2, 0.25) is 0 Å². The van der Waals surface area contributed by atoms with Gasteiger partial charge in [-0.3, -0.25) is 0 Å². The molecule has 0 bridgehead atoms. The first-order valence-electron chi connectivity index (χ1n) is 5.63. The van der Waals surface area contributed by atoms with Gasteiger partial charge in [-0.15, -0.1) is 0 Å². The van der Waals surface area contributed by atoms with E-state index >= 15 is 0 Å². The van der Waals surface area contributed by atoms with Crippen LogP contribution in [0.3, 0.4) is 0 Å². The molecule has 2 rings (SSSR count). The lowest BCUT2D eigenvalue weighted by Gasteiger charge is -2.20. The molecule has 0 amide bonds. The number of allylic oxidation sites excluding steroid dienone is 2. The highest BCUT2D eigenvalue weighted by molar-refractivity contribution is 5.21. The molecule has 2 fully saturated rings. The highest BCUT2D eigenvalue weighted by Gasteiger charge is 2.59. The monoisotopic (exact) mass is 189 g/mol. The molecule has 1 nitrogen and oxygen atoms in total. The van der Waals surface area contributed by atoms with Gasteiger partial charge in [-0.1, -0.05) is 32.4 Å². The second-order valence-electron chi connectivity index (χ2n) is 5.52. The summed E-state index contributed by atoms with van der Waals surface area (Å²) in [6, 6.07) is 2.21. The van der Waals surface area contributed by atoms with Gasteiger partial charge in [-0.2, -0.15) is 5.26 Å². The minimum absolute atomic E-state index is 0.580. The molecule has 14 heavy (non-hydrogen) atoms. The standard InChI is InChI=1S/C13H19N/c1-9-7-11-12(13(11,2)3)8-10(9)5-4-6-14/h5,9,11-12H,4,7-8H2,1-3H3/b10-5-. The Morgan fingerprint density at radius 1 is 1.50 bits per heavy atom. The van der Waals surface area contributed by atoms with Gasteiger partial charge < -0.3 is 0 Å². The van der Waals surface area contributed by atoms with Crippen LogP contribution in [0.1, 0.15) is 40.0 Å². The molecule has 0 aromatic carbocycles. The van der Waals surface area contributed by atoms with Gasteiger partial charge in [0, 0.05) is 0 Å². The summed E-state index contributed by atoms with van der Waals surface area (Å²) in [5.41, 5.74) is 2.12. The molecule has 0 spiro atoms. The molecule has 1 heteroatoms. The molecule has 76 valence electrons. The van der Waals surface area contributed by atoms with E-state index in [-0.39, 0.29) is 0 Å². The third-order valence-corrected chi connectivity index (χ3v) is 4.44. The lowest BCUT2D eigenvalue weighted by atomic mass is 9.85. The molecule has 0 aromatic rings. The minimum atomic E-state index is 0.580. The zero-order valence-corrected chi connectivity index (χ0v) is 9.38. The zero-order chi connectivity index (χ0) is 10.3. The molecule has 0 saturated heterocycles. The molecule has 0 aliphatic heterocycles. The van der Waals surface area contributed by atoms with Crippen LogP contribution in [-0.4, -0.2) is 0 Å². The van der Waals surface area contributed by atoms with Crippen molar-refractivity contribution >= 4 is 0 Å². The van der Waals surface area contributed by atoms with E-state index in [9.17, 15) is 0 Å². The van der Waals surface area contributed by atoms with Gasteiger partial charge in [0.1, 0.15) is 0 Å². The Kier molecular flexibility index (Phi) is 2.18. The van der Waals surface area contributed by atoms with Crippen LogP contribution in [0.15, 0.2) is 11.6 Å². The maximum absolute atomic E-state index is 8.57. The molecular weight excluding hydrogens is 170 g/mol. The Bertz CT molecular complexity index is 306. The fourth-order valence-corrected chi connectivity index (χ4v) is 3.18. The number of fused-ring (bicyclic) bond motifs is 1. The SMILES string of the molecule is CC1CC2C(C/C1=C/CC#N)C2(C)C. The highest BCUT2D eigenvalue weighted by atomic mass is 14.6. The molecule has 0 N–H and O–H groups in total. The Morgan fingerprint density at radius 2 is 2.21 bits per heavy atom. The summed E-state index contributed by atoms with van der Waals surface area (Å²) in [4.78, 5) is 0. The Morgan fingerprint density at radius 3 is 2.86 bits per heavy atom. The van der Waals surface area contributed by atoms with E-state index in [1.807, 2.05) is 0 Å². The largest absolute Gasteiger partial charge is 0.198 e. The first kappa shape index (κ1) is 9.77. The second kappa shape index (κ2) is 3.12. The van der Waals surface area contributed by atoms with Gasteiger partial charge >= 0.3 is 0 Å². The van der Waals surface area contributed by atoms with Crippen LogP contribution >= 0.6 is 0 Å². The lowest BCUT2D eigenvalue weighted by Crippen LogP contribution is -2.08. The predicted molar refractivity (Wildman–Crippen MR) is 57.5 cm³/mol. The Labute approximate surface area is 86.8 Å². The number of rotatable bonds is 1. The third kappa shape index (κ3) is 1.38. The van der Waals surface area contributed by atoms with Crippen molar-refractivity contribution in [1.29, 1.82) is 5.26 Å². The molecule has 2 aliphatic rings. The fourth-order valence-electron chi connectivity index (χ4n) is 3.18. The van der Waals surface area contributed by atoms with Crippen molar-refractivity contribution in [3.05, 3.63) is 11.6 Å². The first-order valence-corrected chi connectivity index (χ1v) is 5.63.